The van der Waals surface area contributed by atoms with Crippen molar-refractivity contribution in [1.82, 2.24) is 4.90 Å². The van der Waals surface area contributed by atoms with E-state index in [0.29, 0.717) is 19.8 Å². The van der Waals surface area contributed by atoms with Crippen molar-refractivity contribution in [2.24, 2.45) is 0 Å². The molecular weight excluding hydrogens is 222 g/mol. The van der Waals surface area contributed by atoms with E-state index in [1.54, 1.807) is 0 Å². The highest BCUT2D eigenvalue weighted by atomic mass is 16.5. The van der Waals surface area contributed by atoms with E-state index < -0.39 is 12.1 Å². The average molecular weight is 245 g/mol. The summed E-state index contributed by atoms with van der Waals surface area (Å²) >= 11 is 0. The zero-order valence-electron chi connectivity index (χ0n) is 10.7. The maximum atomic E-state index is 11.0. The number of likely N-dealkylation sites (tertiary alicyclic amines) is 1. The molecule has 0 saturated carbocycles. The first-order valence-electron chi connectivity index (χ1n) is 6.35. The predicted octanol–water partition coefficient (Wildman–Crippen LogP) is 0.977. The Labute approximate surface area is 103 Å². The van der Waals surface area contributed by atoms with Crippen molar-refractivity contribution >= 4 is 5.97 Å². The fraction of sp³-hybridized carbons (Fsp3) is 0.917. The first kappa shape index (κ1) is 14.4. The van der Waals surface area contributed by atoms with Gasteiger partial charge in [0.25, 0.3) is 0 Å². The lowest BCUT2D eigenvalue weighted by Gasteiger charge is -2.33. The summed E-state index contributed by atoms with van der Waals surface area (Å²) in [6.07, 6.45) is 1.64. The van der Waals surface area contributed by atoms with Gasteiger partial charge in [-0.2, -0.15) is 0 Å². The number of ether oxygens (including phenoxy) is 2. The number of nitrogens with zero attached hydrogens (tertiary/aromatic N) is 1. The Balaban J connectivity index is 2.40. The van der Waals surface area contributed by atoms with Crippen molar-refractivity contribution in [3.63, 3.8) is 0 Å². The summed E-state index contributed by atoms with van der Waals surface area (Å²) < 4.78 is 10.8. The summed E-state index contributed by atoms with van der Waals surface area (Å²) in [6.45, 7) is 7.14. The van der Waals surface area contributed by atoms with Gasteiger partial charge in [-0.1, -0.05) is 0 Å². The molecule has 2 atom stereocenters. The zero-order chi connectivity index (χ0) is 12.7. The van der Waals surface area contributed by atoms with Gasteiger partial charge in [0.15, 0.2) is 6.10 Å². The Morgan fingerprint density at radius 1 is 1.47 bits per heavy atom. The van der Waals surface area contributed by atoms with Crippen LogP contribution < -0.4 is 0 Å². The molecule has 1 heterocycles. The lowest BCUT2D eigenvalue weighted by molar-refractivity contribution is -0.152. The van der Waals surface area contributed by atoms with Gasteiger partial charge < -0.3 is 14.6 Å². The van der Waals surface area contributed by atoms with Gasteiger partial charge in [0.2, 0.25) is 0 Å². The fourth-order valence-electron chi connectivity index (χ4n) is 2.19. The molecule has 0 aromatic heterocycles. The normalized spacial score (nSPS) is 23.5. The zero-order valence-corrected chi connectivity index (χ0v) is 10.7. The van der Waals surface area contributed by atoms with E-state index in [-0.39, 0.29) is 6.10 Å². The van der Waals surface area contributed by atoms with Gasteiger partial charge in [0, 0.05) is 26.3 Å². The lowest BCUT2D eigenvalue weighted by Crippen LogP contribution is -2.45. The van der Waals surface area contributed by atoms with Crippen LogP contribution in [0.4, 0.5) is 0 Å². The maximum Gasteiger partial charge on any atom is 0.334 e. The van der Waals surface area contributed by atoms with Crippen LogP contribution in [0.15, 0.2) is 0 Å². The van der Waals surface area contributed by atoms with Gasteiger partial charge in [0.05, 0.1) is 6.10 Å². The van der Waals surface area contributed by atoms with Crippen molar-refractivity contribution in [3.05, 3.63) is 0 Å². The van der Waals surface area contributed by atoms with Gasteiger partial charge in [0.1, 0.15) is 0 Å². The van der Waals surface area contributed by atoms with Crippen LogP contribution in [-0.2, 0) is 14.3 Å². The molecule has 100 valence electrons. The minimum Gasteiger partial charge on any atom is -0.479 e. The number of hydrogen-bond donors (Lipinski definition) is 1. The first-order chi connectivity index (χ1) is 8.17. The Morgan fingerprint density at radius 2 is 2.24 bits per heavy atom. The van der Waals surface area contributed by atoms with E-state index in [1.165, 1.54) is 0 Å². The Bertz CT molecular complexity index is 233. The molecule has 1 saturated heterocycles. The molecule has 0 spiro atoms. The van der Waals surface area contributed by atoms with Gasteiger partial charge in [-0.3, -0.25) is 4.90 Å². The molecule has 1 aliphatic heterocycles. The number of aliphatic carboxylic acids is 1. The molecule has 1 aliphatic rings. The number of rotatable bonds is 7. The summed E-state index contributed by atoms with van der Waals surface area (Å²) in [5, 5.41) is 9.02. The molecule has 0 radical (unpaired) electrons. The summed E-state index contributed by atoms with van der Waals surface area (Å²) in [5.74, 6) is -0.884. The van der Waals surface area contributed by atoms with Gasteiger partial charge in [-0.15, -0.1) is 0 Å². The third-order valence-corrected chi connectivity index (χ3v) is 2.93. The molecular formula is C12H23NO4. The molecule has 1 fully saturated rings. The van der Waals surface area contributed by atoms with Crippen LogP contribution in [-0.4, -0.2) is 61.0 Å². The van der Waals surface area contributed by atoms with Crippen molar-refractivity contribution in [3.8, 4) is 0 Å². The summed E-state index contributed by atoms with van der Waals surface area (Å²) in [4.78, 5) is 13.1. The van der Waals surface area contributed by atoms with Gasteiger partial charge in [-0.25, -0.2) is 4.79 Å². The molecule has 0 amide bonds. The van der Waals surface area contributed by atoms with E-state index in [9.17, 15) is 4.79 Å². The lowest BCUT2D eigenvalue weighted by atomic mass is 10.1. The highest BCUT2D eigenvalue weighted by Crippen LogP contribution is 2.14. The van der Waals surface area contributed by atoms with Crippen LogP contribution in [0.25, 0.3) is 0 Å². The summed E-state index contributed by atoms with van der Waals surface area (Å²) in [5.41, 5.74) is 0. The molecule has 2 unspecified atom stereocenters. The van der Waals surface area contributed by atoms with Crippen molar-refractivity contribution in [1.29, 1.82) is 0 Å². The Kier molecular flexibility index (Phi) is 6.47. The summed E-state index contributed by atoms with van der Waals surface area (Å²) in [6, 6.07) is 0. The highest BCUT2D eigenvalue weighted by molar-refractivity contribution is 5.72. The van der Waals surface area contributed by atoms with E-state index in [4.69, 9.17) is 14.6 Å². The van der Waals surface area contributed by atoms with E-state index in [2.05, 4.69) is 4.90 Å². The number of hydrogen-bond acceptors (Lipinski definition) is 4. The Hall–Kier alpha value is -0.650. The predicted molar refractivity (Wildman–Crippen MR) is 64.1 cm³/mol. The molecule has 5 heteroatoms. The minimum atomic E-state index is -0.884. The fourth-order valence-corrected chi connectivity index (χ4v) is 2.19. The molecule has 1 N–H and O–H groups in total. The second-order valence-corrected chi connectivity index (χ2v) is 4.26. The number of piperidine rings is 1. The highest BCUT2D eigenvalue weighted by Gasteiger charge is 2.26. The van der Waals surface area contributed by atoms with Crippen LogP contribution in [0.1, 0.15) is 26.7 Å². The smallest absolute Gasteiger partial charge is 0.334 e. The quantitative estimate of drug-likeness (QED) is 0.724. The van der Waals surface area contributed by atoms with Gasteiger partial charge in [-0.05, 0) is 33.2 Å². The van der Waals surface area contributed by atoms with Crippen molar-refractivity contribution in [2.45, 2.75) is 38.9 Å². The largest absolute Gasteiger partial charge is 0.479 e. The van der Waals surface area contributed by atoms with E-state index in [0.717, 1.165) is 25.9 Å². The molecule has 5 nitrogen and oxygen atoms in total. The standard InChI is InChI=1S/C12H23NO4/c1-3-16-10-6-5-7-13(8-10)9-11(12(14)15)17-4-2/h10-11H,3-9H2,1-2H3,(H,14,15). The topological polar surface area (TPSA) is 59.0 Å². The van der Waals surface area contributed by atoms with Crippen LogP contribution in [0.3, 0.4) is 0 Å². The molecule has 1 rings (SSSR count). The maximum absolute atomic E-state index is 11.0. The van der Waals surface area contributed by atoms with Crippen LogP contribution in [0.5, 0.6) is 0 Å². The van der Waals surface area contributed by atoms with Crippen LogP contribution in [0.2, 0.25) is 0 Å². The van der Waals surface area contributed by atoms with Crippen LogP contribution in [0, 0.1) is 0 Å². The average Bonchev–Trinajstić information content (AvgIpc) is 2.29. The van der Waals surface area contributed by atoms with Crippen molar-refractivity contribution in [2.75, 3.05) is 32.8 Å². The SMILES string of the molecule is CCOC1CCCN(CC(OCC)C(=O)O)C1. The second-order valence-electron chi connectivity index (χ2n) is 4.26. The number of carbonyl (C=O) groups is 1. The van der Waals surface area contributed by atoms with Gasteiger partial charge >= 0.3 is 5.97 Å². The third-order valence-electron chi connectivity index (χ3n) is 2.93. The van der Waals surface area contributed by atoms with Crippen molar-refractivity contribution < 1.29 is 19.4 Å². The molecule has 17 heavy (non-hydrogen) atoms. The molecule has 0 aromatic carbocycles. The third kappa shape index (κ3) is 5.02. The number of carboxylic acids is 1. The monoisotopic (exact) mass is 245 g/mol. The summed E-state index contributed by atoms with van der Waals surface area (Å²) in [7, 11) is 0. The van der Waals surface area contributed by atoms with E-state index >= 15 is 0 Å². The minimum absolute atomic E-state index is 0.241. The van der Waals surface area contributed by atoms with E-state index in [1.807, 2.05) is 13.8 Å². The Morgan fingerprint density at radius 3 is 2.82 bits per heavy atom. The molecule has 0 aromatic rings. The first-order valence-corrected chi connectivity index (χ1v) is 6.35. The molecule has 0 bridgehead atoms. The number of carboxylic acid groups (broad SMARTS) is 1. The van der Waals surface area contributed by atoms with Crippen LogP contribution >= 0.6 is 0 Å². The second kappa shape index (κ2) is 7.63. The molecule has 0 aliphatic carbocycles.